The van der Waals surface area contributed by atoms with E-state index in [-0.39, 0.29) is 17.8 Å². The van der Waals surface area contributed by atoms with Gasteiger partial charge in [0.05, 0.1) is 11.5 Å². The summed E-state index contributed by atoms with van der Waals surface area (Å²) in [6, 6.07) is 6.36. The van der Waals surface area contributed by atoms with Gasteiger partial charge in [-0.3, -0.25) is 15.5 Å². The third-order valence-corrected chi connectivity index (χ3v) is 9.48. The number of thioether (sulfide) groups is 1. The molecule has 1 aromatic heterocycles. The number of ether oxygens (including phenoxy) is 1. The molecule has 4 aliphatic rings. The Morgan fingerprint density at radius 1 is 1.30 bits per heavy atom. The SMILES string of the molecule is Cc1c([C@H]2CN3CCN(C(=O)C4CCc5cc([NH+]=CN=NN)ncc54)C[C@H]3CS2)ccc2c1COC2=O. The number of aromatic nitrogens is 1. The van der Waals surface area contributed by atoms with E-state index < -0.39 is 0 Å². The third-order valence-electron chi connectivity index (χ3n) is 8.10. The number of carbonyl (C=O) groups excluding carboxylic acids is 2. The van der Waals surface area contributed by atoms with Gasteiger partial charge in [-0.1, -0.05) is 6.07 Å². The molecule has 4 heterocycles. The summed E-state index contributed by atoms with van der Waals surface area (Å²) in [5.41, 5.74) is 6.41. The van der Waals surface area contributed by atoms with Crippen molar-refractivity contribution in [1.29, 1.82) is 0 Å². The Bertz CT molecular complexity index is 1310. The molecule has 3 N–H and O–H groups in total. The minimum absolute atomic E-state index is 0.126. The number of nitrogens with zero attached hydrogens (tertiary/aromatic N) is 5. The smallest absolute Gasteiger partial charge is 0.338 e. The first-order valence-electron chi connectivity index (χ1n) is 12.6. The summed E-state index contributed by atoms with van der Waals surface area (Å²) >= 11 is 1.96. The molecule has 0 saturated carbocycles. The Kier molecular flexibility index (Phi) is 6.41. The fourth-order valence-corrected chi connectivity index (χ4v) is 7.57. The van der Waals surface area contributed by atoms with Crippen LogP contribution >= 0.6 is 11.8 Å². The van der Waals surface area contributed by atoms with Gasteiger partial charge in [-0.15, -0.1) is 4.98 Å². The Labute approximate surface area is 219 Å². The zero-order chi connectivity index (χ0) is 25.5. The second-order valence-corrected chi connectivity index (χ2v) is 11.2. The van der Waals surface area contributed by atoms with Crippen molar-refractivity contribution in [2.45, 2.75) is 43.6 Å². The quantitative estimate of drug-likeness (QED) is 0.155. The molecular weight excluding hydrogens is 490 g/mol. The fourth-order valence-electron chi connectivity index (χ4n) is 6.07. The molecule has 3 atom stereocenters. The first-order chi connectivity index (χ1) is 18.0. The van der Waals surface area contributed by atoms with Crippen molar-refractivity contribution in [2.24, 2.45) is 16.2 Å². The van der Waals surface area contributed by atoms with Gasteiger partial charge in [-0.05, 0) is 42.5 Å². The summed E-state index contributed by atoms with van der Waals surface area (Å²) in [4.78, 5) is 37.5. The molecule has 37 heavy (non-hydrogen) atoms. The van der Waals surface area contributed by atoms with E-state index in [1.165, 1.54) is 17.5 Å². The number of nitrogens with two attached hydrogens (primary N) is 1. The van der Waals surface area contributed by atoms with E-state index in [0.717, 1.165) is 61.5 Å². The number of benzene rings is 1. The predicted octanol–water partition coefficient (Wildman–Crippen LogP) is 1.16. The lowest BCUT2D eigenvalue weighted by atomic mass is 9.95. The standard InChI is InChI=1S/C26H29N7O3S/c1-15-18(4-5-20-22(15)12-36-26(20)35)23-11-32-6-7-33(10-17(32)13-37-23)25(34)19-3-2-16-8-24(28-9-21(16)19)29-14-30-31-27/h4-5,8-9,14,17,19,23H,2-3,6-7,10-13H2,1H3,(H2,27,28,29,30)/p+1/t17-,19?,23+/m0/s1. The minimum atomic E-state index is -0.215. The van der Waals surface area contributed by atoms with Gasteiger partial charge >= 0.3 is 5.97 Å². The summed E-state index contributed by atoms with van der Waals surface area (Å²) in [5, 5.41) is 7.13. The molecule has 1 amide bonds. The number of cyclic esters (lactones) is 1. The van der Waals surface area contributed by atoms with E-state index in [2.05, 4.69) is 43.1 Å². The summed E-state index contributed by atoms with van der Waals surface area (Å²) < 4.78 is 5.24. The van der Waals surface area contributed by atoms with E-state index in [9.17, 15) is 9.59 Å². The first-order valence-corrected chi connectivity index (χ1v) is 13.7. The van der Waals surface area contributed by atoms with Crippen LogP contribution in [0.2, 0.25) is 0 Å². The molecule has 2 fully saturated rings. The van der Waals surface area contributed by atoms with Crippen molar-refractivity contribution >= 4 is 35.8 Å². The number of esters is 1. The van der Waals surface area contributed by atoms with Crippen LogP contribution in [-0.2, 0) is 22.6 Å². The van der Waals surface area contributed by atoms with Crippen molar-refractivity contribution < 1.29 is 19.3 Å². The summed E-state index contributed by atoms with van der Waals surface area (Å²) in [6.45, 7) is 5.84. The number of hydrogen-bond donors (Lipinski definition) is 2. The maximum Gasteiger partial charge on any atom is 0.338 e. The molecule has 2 saturated heterocycles. The first kappa shape index (κ1) is 24.1. The van der Waals surface area contributed by atoms with E-state index in [1.54, 1.807) is 0 Å². The maximum atomic E-state index is 13.6. The number of pyridine rings is 1. The van der Waals surface area contributed by atoms with E-state index >= 15 is 0 Å². The van der Waals surface area contributed by atoms with Crippen molar-refractivity contribution in [3.05, 3.63) is 57.8 Å². The molecule has 0 radical (unpaired) electrons. The molecule has 1 unspecified atom stereocenters. The van der Waals surface area contributed by atoms with Crippen LogP contribution in [0.15, 0.2) is 34.7 Å². The second-order valence-electron chi connectivity index (χ2n) is 10.0. The Morgan fingerprint density at radius 2 is 2.19 bits per heavy atom. The van der Waals surface area contributed by atoms with Crippen LogP contribution in [-0.4, -0.2) is 71.0 Å². The van der Waals surface area contributed by atoms with Crippen LogP contribution in [0, 0.1) is 6.92 Å². The zero-order valence-corrected chi connectivity index (χ0v) is 21.5. The molecular formula is C26H30N7O3S+. The second kappa shape index (κ2) is 9.86. The van der Waals surface area contributed by atoms with E-state index in [1.807, 2.05) is 30.1 Å². The van der Waals surface area contributed by atoms with Crippen molar-refractivity contribution in [2.75, 3.05) is 31.9 Å². The van der Waals surface area contributed by atoms with Crippen LogP contribution in [0.4, 0.5) is 5.82 Å². The van der Waals surface area contributed by atoms with Gasteiger partial charge in [0.2, 0.25) is 5.91 Å². The predicted molar refractivity (Wildman–Crippen MR) is 138 cm³/mol. The zero-order valence-electron chi connectivity index (χ0n) is 20.7. The highest BCUT2D eigenvalue weighted by Crippen LogP contribution is 2.41. The normalized spacial score (nSPS) is 25.4. The molecule has 11 heteroatoms. The highest BCUT2D eigenvalue weighted by molar-refractivity contribution is 7.99. The van der Waals surface area contributed by atoms with Crippen LogP contribution < -0.4 is 10.8 Å². The number of aryl methyl sites for hydroxylation is 1. The van der Waals surface area contributed by atoms with Gasteiger partial charge in [0.15, 0.2) is 0 Å². The van der Waals surface area contributed by atoms with Crippen LogP contribution in [0.3, 0.4) is 0 Å². The number of nitrogens with one attached hydrogen (secondary N) is 1. The average Bonchev–Trinajstić information content (AvgIpc) is 3.52. The van der Waals surface area contributed by atoms with E-state index in [0.29, 0.717) is 29.3 Å². The lowest BCUT2D eigenvalue weighted by molar-refractivity contribution is -0.354. The minimum Gasteiger partial charge on any atom is -0.457 e. The van der Waals surface area contributed by atoms with Gasteiger partial charge < -0.3 is 9.64 Å². The maximum absolute atomic E-state index is 13.6. The van der Waals surface area contributed by atoms with Crippen molar-refractivity contribution in [1.82, 2.24) is 14.8 Å². The van der Waals surface area contributed by atoms with Gasteiger partial charge in [-0.25, -0.2) is 9.79 Å². The lowest BCUT2D eigenvalue weighted by Gasteiger charge is -2.46. The Balaban J connectivity index is 1.10. The molecule has 1 aromatic carbocycles. The molecule has 0 spiro atoms. The van der Waals surface area contributed by atoms with Crippen LogP contribution in [0.1, 0.15) is 55.8 Å². The number of carbonyl (C=O) groups is 2. The van der Waals surface area contributed by atoms with Crippen molar-refractivity contribution in [3.63, 3.8) is 0 Å². The largest absolute Gasteiger partial charge is 0.457 e. The van der Waals surface area contributed by atoms with Gasteiger partial charge in [0, 0.05) is 70.8 Å². The van der Waals surface area contributed by atoms with Gasteiger partial charge in [0.25, 0.3) is 12.2 Å². The van der Waals surface area contributed by atoms with Gasteiger partial charge in [0.1, 0.15) is 12.8 Å². The fraction of sp³-hybridized carbons (Fsp3) is 0.462. The Morgan fingerprint density at radius 3 is 3.05 bits per heavy atom. The summed E-state index contributed by atoms with van der Waals surface area (Å²) in [6.07, 6.45) is 4.88. The monoisotopic (exact) mass is 520 g/mol. The molecule has 0 bridgehead atoms. The molecule has 1 aliphatic carbocycles. The van der Waals surface area contributed by atoms with Crippen molar-refractivity contribution in [3.8, 4) is 0 Å². The number of rotatable bonds is 4. The van der Waals surface area contributed by atoms with Gasteiger partial charge in [-0.2, -0.15) is 11.8 Å². The molecule has 6 rings (SSSR count). The molecule has 2 aromatic rings. The topological polar surface area (TPSA) is 127 Å². The highest BCUT2D eigenvalue weighted by Gasteiger charge is 2.39. The lowest BCUT2D eigenvalue weighted by Crippen LogP contribution is -2.61. The van der Waals surface area contributed by atoms with Crippen LogP contribution in [0.25, 0.3) is 0 Å². The number of fused-ring (bicyclic) bond motifs is 3. The number of piperazine rings is 1. The molecule has 10 nitrogen and oxygen atoms in total. The molecule has 3 aliphatic heterocycles. The highest BCUT2D eigenvalue weighted by atomic mass is 32.2. The van der Waals surface area contributed by atoms with Crippen LogP contribution in [0.5, 0.6) is 0 Å². The number of amides is 1. The summed E-state index contributed by atoms with van der Waals surface area (Å²) in [5.74, 6) is 6.54. The molecule has 192 valence electrons. The summed E-state index contributed by atoms with van der Waals surface area (Å²) in [7, 11) is 0. The number of hydrogen-bond acceptors (Lipinski definition) is 7. The third kappa shape index (κ3) is 4.40. The Hall–Kier alpha value is -3.31. The van der Waals surface area contributed by atoms with E-state index in [4.69, 9.17) is 10.6 Å². The average molecular weight is 521 g/mol.